The molecule has 5 rings (SSSR count). The quantitative estimate of drug-likeness (QED) is 0.477. The summed E-state index contributed by atoms with van der Waals surface area (Å²) < 4.78 is 41.8. The van der Waals surface area contributed by atoms with Gasteiger partial charge in [0, 0.05) is 43.6 Å². The molecule has 202 valence electrons. The zero-order valence-electron chi connectivity index (χ0n) is 20.7. The number of pyridine rings is 1. The predicted octanol–water partition coefficient (Wildman–Crippen LogP) is 5.09. The highest BCUT2D eigenvalue weighted by molar-refractivity contribution is 6.35. The molecule has 1 atom stereocenters. The molecule has 6 nitrogen and oxygen atoms in total. The van der Waals surface area contributed by atoms with E-state index in [1.807, 2.05) is 18.2 Å². The number of aromatic nitrogens is 1. The summed E-state index contributed by atoms with van der Waals surface area (Å²) in [6.07, 6.45) is -0.495. The topological polar surface area (TPSA) is 76.6 Å². The summed E-state index contributed by atoms with van der Waals surface area (Å²) in [4.78, 5) is 31.1. The second kappa shape index (κ2) is 10.3. The first-order valence-corrected chi connectivity index (χ1v) is 13.2. The van der Waals surface area contributed by atoms with Crippen LogP contribution in [0.15, 0.2) is 59.5 Å². The summed E-state index contributed by atoms with van der Waals surface area (Å²) in [6, 6.07) is 12.2. The van der Waals surface area contributed by atoms with Crippen molar-refractivity contribution in [3.05, 3.63) is 75.7 Å². The molecule has 3 heterocycles. The Labute approximate surface area is 223 Å². The number of fused-ring (bicyclic) bond motifs is 1. The van der Waals surface area contributed by atoms with E-state index >= 15 is 0 Å². The smallest absolute Gasteiger partial charge is 0.371 e. The van der Waals surface area contributed by atoms with Crippen molar-refractivity contribution in [2.75, 3.05) is 31.1 Å². The maximum atomic E-state index is 13.9. The summed E-state index contributed by atoms with van der Waals surface area (Å²) in [5.74, 6) is -0.606. The van der Waals surface area contributed by atoms with Gasteiger partial charge in [0.2, 0.25) is 0 Å². The van der Waals surface area contributed by atoms with Crippen LogP contribution in [0.4, 0.5) is 18.9 Å². The van der Waals surface area contributed by atoms with Crippen molar-refractivity contribution in [2.24, 2.45) is 11.8 Å². The second-order valence-electron chi connectivity index (χ2n) is 10.2. The standard InChI is InChI=1S/C28H29ClF3N3O3/c29-23-17-22(16-20-6-11-33-25(36)24(20)23)34-12-7-18(8-13-34)19-9-14-35(15-10-19)26(37)27(38,28(30,31)32)21-4-2-1-3-5-21/h1-6,11,16-19,38H,7-10,12-15H2,(H,33,36). The van der Waals surface area contributed by atoms with E-state index in [0.29, 0.717) is 35.1 Å². The number of halogens is 4. The number of likely N-dealkylation sites (tertiary alicyclic amines) is 1. The number of nitrogens with one attached hydrogen (secondary N) is 1. The number of rotatable bonds is 4. The maximum Gasteiger partial charge on any atom is 0.430 e. The fourth-order valence-electron chi connectivity index (χ4n) is 5.97. The summed E-state index contributed by atoms with van der Waals surface area (Å²) in [6.45, 7) is 1.97. The number of amides is 1. The fraction of sp³-hybridized carbons (Fsp3) is 0.429. The summed E-state index contributed by atoms with van der Waals surface area (Å²) in [5, 5.41) is 12.3. The molecule has 0 aliphatic carbocycles. The number of piperidine rings is 2. The van der Waals surface area contributed by atoms with Crippen molar-refractivity contribution in [1.29, 1.82) is 0 Å². The Morgan fingerprint density at radius 3 is 2.16 bits per heavy atom. The zero-order valence-corrected chi connectivity index (χ0v) is 21.4. The van der Waals surface area contributed by atoms with Gasteiger partial charge in [0.1, 0.15) is 0 Å². The Morgan fingerprint density at radius 1 is 0.947 bits per heavy atom. The van der Waals surface area contributed by atoms with E-state index < -0.39 is 23.2 Å². The molecular weight excluding hydrogens is 519 g/mol. The largest absolute Gasteiger partial charge is 0.430 e. The van der Waals surface area contributed by atoms with Crippen LogP contribution in [-0.2, 0) is 10.4 Å². The highest BCUT2D eigenvalue weighted by Crippen LogP contribution is 2.42. The monoisotopic (exact) mass is 547 g/mol. The molecule has 38 heavy (non-hydrogen) atoms. The third-order valence-corrected chi connectivity index (χ3v) is 8.42. The molecule has 2 aliphatic heterocycles. The van der Waals surface area contributed by atoms with Gasteiger partial charge in [-0.3, -0.25) is 9.59 Å². The Bertz CT molecular complexity index is 1360. The first-order chi connectivity index (χ1) is 18.1. The molecule has 0 saturated carbocycles. The summed E-state index contributed by atoms with van der Waals surface area (Å²) in [7, 11) is 0. The van der Waals surface area contributed by atoms with Crippen molar-refractivity contribution < 1.29 is 23.1 Å². The number of carbonyl (C=O) groups excluding carboxylic acids is 1. The SMILES string of the molecule is O=C(N1CCC(C2CCN(c3cc(Cl)c4c(=O)[nH]ccc4c3)CC2)CC1)C(O)(c1ccccc1)C(F)(F)F. The molecule has 2 fully saturated rings. The molecular formula is C28H29ClF3N3O3. The summed E-state index contributed by atoms with van der Waals surface area (Å²) in [5.41, 5.74) is -3.29. The van der Waals surface area contributed by atoms with Crippen LogP contribution in [0.25, 0.3) is 10.8 Å². The van der Waals surface area contributed by atoms with E-state index in [0.717, 1.165) is 54.0 Å². The van der Waals surface area contributed by atoms with Crippen LogP contribution in [0, 0.1) is 11.8 Å². The van der Waals surface area contributed by atoms with Gasteiger partial charge in [0.15, 0.2) is 0 Å². The predicted molar refractivity (Wildman–Crippen MR) is 140 cm³/mol. The molecule has 0 bridgehead atoms. The number of H-pyrrole nitrogens is 1. The van der Waals surface area contributed by atoms with Gasteiger partial charge in [-0.1, -0.05) is 41.9 Å². The van der Waals surface area contributed by atoms with E-state index in [2.05, 4.69) is 9.88 Å². The lowest BCUT2D eigenvalue weighted by Crippen LogP contribution is -2.57. The molecule has 2 N–H and O–H groups in total. The van der Waals surface area contributed by atoms with Crippen LogP contribution in [0.5, 0.6) is 0 Å². The first-order valence-electron chi connectivity index (χ1n) is 12.8. The number of nitrogens with zero attached hydrogens (tertiary/aromatic N) is 2. The van der Waals surface area contributed by atoms with Crippen molar-refractivity contribution >= 4 is 34.0 Å². The van der Waals surface area contributed by atoms with Crippen molar-refractivity contribution in [1.82, 2.24) is 9.88 Å². The average Bonchev–Trinajstić information content (AvgIpc) is 2.92. The van der Waals surface area contributed by atoms with Gasteiger partial charge in [0.25, 0.3) is 17.1 Å². The minimum atomic E-state index is -5.13. The van der Waals surface area contributed by atoms with Crippen molar-refractivity contribution in [2.45, 2.75) is 37.5 Å². The van der Waals surface area contributed by atoms with Gasteiger partial charge < -0.3 is 19.9 Å². The van der Waals surface area contributed by atoms with E-state index in [1.165, 1.54) is 18.2 Å². The third kappa shape index (κ3) is 4.78. The van der Waals surface area contributed by atoms with Crippen LogP contribution >= 0.6 is 11.6 Å². The van der Waals surface area contributed by atoms with Gasteiger partial charge >= 0.3 is 6.18 Å². The Kier molecular flexibility index (Phi) is 7.17. The minimum absolute atomic E-state index is 0.184. The van der Waals surface area contributed by atoms with Gasteiger partial charge in [0.05, 0.1) is 10.4 Å². The maximum absolute atomic E-state index is 13.9. The number of anilines is 1. The zero-order chi connectivity index (χ0) is 27.1. The normalized spacial score (nSPS) is 19.5. The van der Waals surface area contributed by atoms with Crippen LogP contribution in [0.3, 0.4) is 0 Å². The van der Waals surface area contributed by atoms with Gasteiger partial charge in [-0.05, 0) is 61.1 Å². The number of aromatic amines is 1. The molecule has 2 aromatic carbocycles. The van der Waals surface area contributed by atoms with E-state index in [1.54, 1.807) is 6.20 Å². The van der Waals surface area contributed by atoms with Crippen molar-refractivity contribution in [3.63, 3.8) is 0 Å². The molecule has 2 saturated heterocycles. The number of hydrogen-bond acceptors (Lipinski definition) is 4. The molecule has 1 unspecified atom stereocenters. The molecule has 2 aliphatic rings. The second-order valence-corrected chi connectivity index (χ2v) is 10.6. The van der Waals surface area contributed by atoms with Crippen LogP contribution in [-0.4, -0.2) is 53.3 Å². The van der Waals surface area contributed by atoms with Gasteiger partial charge in [-0.15, -0.1) is 0 Å². The first kappa shape index (κ1) is 26.6. The molecule has 0 radical (unpaired) electrons. The number of carbonyl (C=O) groups is 1. The van der Waals surface area contributed by atoms with Gasteiger partial charge in [-0.2, -0.15) is 13.2 Å². The number of hydrogen-bond donors (Lipinski definition) is 2. The van der Waals surface area contributed by atoms with E-state index in [-0.39, 0.29) is 18.6 Å². The van der Waals surface area contributed by atoms with E-state index in [9.17, 15) is 27.9 Å². The number of benzene rings is 2. The lowest BCUT2D eigenvalue weighted by Gasteiger charge is -2.42. The molecule has 3 aromatic rings. The molecule has 0 spiro atoms. The number of alkyl halides is 3. The lowest BCUT2D eigenvalue weighted by atomic mass is 9.78. The Balaban J connectivity index is 1.21. The molecule has 10 heteroatoms. The van der Waals surface area contributed by atoms with E-state index in [4.69, 9.17) is 11.6 Å². The highest BCUT2D eigenvalue weighted by Gasteiger charge is 2.62. The van der Waals surface area contributed by atoms with Crippen LogP contribution in [0.1, 0.15) is 31.2 Å². The number of aliphatic hydroxyl groups is 1. The average molecular weight is 548 g/mol. The molecule has 1 amide bonds. The van der Waals surface area contributed by atoms with Gasteiger partial charge in [-0.25, -0.2) is 0 Å². The van der Waals surface area contributed by atoms with Crippen LogP contribution < -0.4 is 10.5 Å². The Hall–Kier alpha value is -3.04. The van der Waals surface area contributed by atoms with Crippen molar-refractivity contribution in [3.8, 4) is 0 Å². The lowest BCUT2D eigenvalue weighted by molar-refractivity contribution is -0.262. The van der Waals surface area contributed by atoms with Crippen LogP contribution in [0.2, 0.25) is 5.02 Å². The highest BCUT2D eigenvalue weighted by atomic mass is 35.5. The Morgan fingerprint density at radius 2 is 1.55 bits per heavy atom. The summed E-state index contributed by atoms with van der Waals surface area (Å²) >= 11 is 6.41. The minimum Gasteiger partial charge on any atom is -0.371 e. The molecule has 1 aromatic heterocycles. The third-order valence-electron chi connectivity index (χ3n) is 8.12. The fourth-order valence-corrected chi connectivity index (χ4v) is 6.27.